The quantitative estimate of drug-likeness (QED) is 0.0796. The van der Waals surface area contributed by atoms with Crippen LogP contribution in [-0.4, -0.2) is 4.70 Å². The van der Waals surface area contributed by atoms with E-state index in [-0.39, 0.29) is 0 Å². The minimum absolute atomic E-state index is 1.02. The van der Waals surface area contributed by atoms with Crippen molar-refractivity contribution in [3.8, 4) is 0 Å². The fraction of sp³-hybridized carbons (Fsp3) is 0.652. The van der Waals surface area contributed by atoms with Crippen molar-refractivity contribution >= 4 is 11.4 Å². The van der Waals surface area contributed by atoms with Gasteiger partial charge in [-0.1, -0.05) is 99.8 Å². The Hall–Kier alpha value is -2.48. The van der Waals surface area contributed by atoms with Gasteiger partial charge in [0.2, 0.25) is 11.4 Å². The second kappa shape index (κ2) is 21.6. The molecule has 1 heterocycles. The van der Waals surface area contributed by atoms with Gasteiger partial charge < -0.3 is 5.53 Å². The first kappa shape index (κ1) is 40.0. The topological polar surface area (TPSA) is 25.3 Å². The smallest absolute Gasteiger partial charge is 0.211 e. The van der Waals surface area contributed by atoms with Gasteiger partial charge in [0.1, 0.15) is 0 Å². The van der Waals surface area contributed by atoms with E-state index in [1.54, 1.807) is 15.8 Å². The molecule has 3 rings (SSSR count). The van der Waals surface area contributed by atoms with E-state index >= 15 is 0 Å². The van der Waals surface area contributed by atoms with Crippen LogP contribution in [0, 0.1) is 0 Å². The monoisotopic (exact) mass is 653 g/mol. The SMILES string of the molecule is CCCCCC1=C(c2cc(CCCC)c(CCCC)c(CCCC)c2)[N+](=[N-])C(c2cc(CCCC)c(CCCC)c(CCCC)c2)=C1C. The molecule has 0 N–H and O–H groups in total. The van der Waals surface area contributed by atoms with Gasteiger partial charge in [-0.15, -0.1) is 0 Å². The molecule has 2 heteroatoms. The summed E-state index contributed by atoms with van der Waals surface area (Å²) in [6, 6.07) is 9.91. The standard InChI is InChI=1S/C46H72N2/c1-9-16-23-30-42-35(8)45(40-31-36(24-17-10-2)43(28-21-14-6)37(32-40)25-18-11-3)48(47)46(42)41-33-38(26-19-12-4)44(29-22-15-7)39(34-41)27-20-13-5/h31-34H,9-30H2,1-8H3. The fourth-order valence-electron chi connectivity index (χ4n) is 7.79. The number of allylic oxidation sites excluding steroid dienone is 2. The lowest BCUT2D eigenvalue weighted by Crippen LogP contribution is -2.09. The molecular formula is C46H72N2. The number of nitrogens with zero attached hydrogens (tertiary/aromatic N) is 2. The lowest BCUT2D eigenvalue weighted by Gasteiger charge is -2.20. The summed E-state index contributed by atoms with van der Waals surface area (Å²) < 4.78 is 1.64. The molecule has 0 radical (unpaired) electrons. The van der Waals surface area contributed by atoms with Gasteiger partial charge in [0, 0.05) is 22.3 Å². The van der Waals surface area contributed by atoms with Crippen molar-refractivity contribution in [3.63, 3.8) is 0 Å². The molecular weight excluding hydrogens is 581 g/mol. The number of hydrogen-bond acceptors (Lipinski definition) is 0. The molecule has 0 saturated heterocycles. The summed E-state index contributed by atoms with van der Waals surface area (Å²) in [5.74, 6) is 0. The van der Waals surface area contributed by atoms with Crippen molar-refractivity contribution < 1.29 is 4.70 Å². The zero-order valence-corrected chi connectivity index (χ0v) is 32.8. The Morgan fingerprint density at radius 2 is 0.750 bits per heavy atom. The predicted molar refractivity (Wildman–Crippen MR) is 212 cm³/mol. The van der Waals surface area contributed by atoms with Crippen LogP contribution in [-0.2, 0) is 38.5 Å². The highest BCUT2D eigenvalue weighted by Gasteiger charge is 2.34. The second-order valence-electron chi connectivity index (χ2n) is 14.7. The average Bonchev–Trinajstić information content (AvgIpc) is 3.34. The van der Waals surface area contributed by atoms with Crippen molar-refractivity contribution in [1.29, 1.82) is 0 Å². The summed E-state index contributed by atoms with van der Waals surface area (Å²) in [6.45, 7) is 18.4. The van der Waals surface area contributed by atoms with Gasteiger partial charge in [-0.2, -0.15) is 0 Å². The molecule has 0 amide bonds. The second-order valence-corrected chi connectivity index (χ2v) is 14.7. The van der Waals surface area contributed by atoms with Crippen molar-refractivity contribution in [2.24, 2.45) is 0 Å². The predicted octanol–water partition coefficient (Wildman–Crippen LogP) is 14.5. The lowest BCUT2D eigenvalue weighted by molar-refractivity contribution is -0.345. The van der Waals surface area contributed by atoms with Gasteiger partial charge in [0.05, 0.1) is 0 Å². The summed E-state index contributed by atoms with van der Waals surface area (Å²) in [4.78, 5) is 0. The minimum Gasteiger partial charge on any atom is -0.493 e. The molecule has 0 aliphatic carbocycles. The highest BCUT2D eigenvalue weighted by Crippen LogP contribution is 2.44. The number of rotatable bonds is 24. The third-order valence-corrected chi connectivity index (χ3v) is 10.7. The zero-order valence-electron chi connectivity index (χ0n) is 32.8. The van der Waals surface area contributed by atoms with E-state index in [9.17, 15) is 5.53 Å². The Bertz CT molecular complexity index is 1310. The summed E-state index contributed by atoms with van der Waals surface area (Å²) in [7, 11) is 0. The van der Waals surface area contributed by atoms with Crippen LogP contribution in [0.1, 0.15) is 203 Å². The van der Waals surface area contributed by atoms with Crippen LogP contribution in [0.3, 0.4) is 0 Å². The van der Waals surface area contributed by atoms with Crippen LogP contribution >= 0.6 is 0 Å². The van der Waals surface area contributed by atoms with Gasteiger partial charge in [-0.25, -0.2) is 4.70 Å². The largest absolute Gasteiger partial charge is 0.493 e. The Balaban J connectivity index is 2.25. The van der Waals surface area contributed by atoms with Gasteiger partial charge in [-0.3, -0.25) is 0 Å². The Morgan fingerprint density at radius 1 is 0.417 bits per heavy atom. The van der Waals surface area contributed by atoms with Crippen molar-refractivity contribution in [2.45, 2.75) is 197 Å². The summed E-state index contributed by atoms with van der Waals surface area (Å²) >= 11 is 0. The third kappa shape index (κ3) is 10.5. The van der Waals surface area contributed by atoms with Crippen LogP contribution in [0.25, 0.3) is 16.9 Å². The summed E-state index contributed by atoms with van der Waals surface area (Å²) in [6.07, 6.45) is 26.1. The van der Waals surface area contributed by atoms with Crippen molar-refractivity contribution in [1.82, 2.24) is 0 Å². The van der Waals surface area contributed by atoms with Gasteiger partial charge in [-0.05, 0) is 154 Å². The molecule has 0 saturated carbocycles. The number of aryl methyl sites for hydroxylation is 4. The van der Waals surface area contributed by atoms with E-state index in [4.69, 9.17) is 0 Å². The molecule has 1 aliphatic rings. The van der Waals surface area contributed by atoms with Crippen LogP contribution in [0.15, 0.2) is 35.4 Å². The summed E-state index contributed by atoms with van der Waals surface area (Å²) in [5.41, 5.74) is 28.9. The molecule has 48 heavy (non-hydrogen) atoms. The summed E-state index contributed by atoms with van der Waals surface area (Å²) in [5, 5.41) is 0. The normalized spacial score (nSPS) is 13.5. The third-order valence-electron chi connectivity index (χ3n) is 10.7. The first-order valence-electron chi connectivity index (χ1n) is 20.6. The average molecular weight is 653 g/mol. The van der Waals surface area contributed by atoms with Gasteiger partial charge >= 0.3 is 0 Å². The first-order chi connectivity index (χ1) is 23.4. The molecule has 2 nitrogen and oxygen atoms in total. The van der Waals surface area contributed by atoms with E-state index in [0.29, 0.717) is 0 Å². The fourth-order valence-corrected chi connectivity index (χ4v) is 7.79. The maximum absolute atomic E-state index is 12.5. The van der Waals surface area contributed by atoms with Gasteiger partial charge in [0.25, 0.3) is 0 Å². The molecule has 2 aromatic rings. The number of unbranched alkanes of at least 4 members (excludes halogenated alkanes) is 8. The van der Waals surface area contributed by atoms with E-state index in [2.05, 4.69) is 79.7 Å². The molecule has 1 aliphatic heterocycles. The lowest BCUT2D eigenvalue weighted by atomic mass is 9.87. The van der Waals surface area contributed by atoms with E-state index in [0.717, 1.165) is 49.9 Å². The maximum atomic E-state index is 12.5. The number of hydrogen-bond donors (Lipinski definition) is 0. The molecule has 0 spiro atoms. The zero-order chi connectivity index (χ0) is 34.9. The molecule has 0 atom stereocenters. The first-order valence-corrected chi connectivity index (χ1v) is 20.6. The van der Waals surface area contributed by atoms with Gasteiger partial charge in [0.15, 0.2) is 0 Å². The van der Waals surface area contributed by atoms with E-state index in [1.165, 1.54) is 147 Å². The molecule has 2 aromatic carbocycles. The van der Waals surface area contributed by atoms with E-state index in [1.807, 2.05) is 0 Å². The maximum Gasteiger partial charge on any atom is 0.211 e. The highest BCUT2D eigenvalue weighted by molar-refractivity contribution is 5.82. The molecule has 0 fully saturated rings. The Morgan fingerprint density at radius 3 is 1.10 bits per heavy atom. The van der Waals surface area contributed by atoms with Crippen molar-refractivity contribution in [2.75, 3.05) is 0 Å². The Labute approximate surface area is 297 Å². The van der Waals surface area contributed by atoms with Crippen LogP contribution in [0.5, 0.6) is 0 Å². The highest BCUT2D eigenvalue weighted by atomic mass is 15.2. The molecule has 0 aromatic heterocycles. The van der Waals surface area contributed by atoms with Crippen molar-refractivity contribution in [3.05, 3.63) is 85.5 Å². The molecule has 0 bridgehead atoms. The number of benzene rings is 2. The van der Waals surface area contributed by atoms with Crippen LogP contribution in [0.4, 0.5) is 0 Å². The molecule has 0 unspecified atom stereocenters. The van der Waals surface area contributed by atoms with Crippen LogP contribution in [0.2, 0.25) is 0 Å². The Kier molecular flexibility index (Phi) is 18.0. The minimum atomic E-state index is 1.02. The molecule has 266 valence electrons. The van der Waals surface area contributed by atoms with Crippen LogP contribution < -0.4 is 0 Å². The van der Waals surface area contributed by atoms with E-state index < -0.39 is 0 Å².